The summed E-state index contributed by atoms with van der Waals surface area (Å²) in [7, 11) is -2.20. The molecular weight excluding hydrogens is 773 g/mol. The molecule has 1 heteroatoms. The van der Waals surface area contributed by atoms with E-state index in [1.54, 1.807) is 0 Å². The summed E-state index contributed by atoms with van der Waals surface area (Å²) in [6.45, 7) is 5.15. The molecule has 0 aliphatic carbocycles. The molecule has 1 aliphatic rings. The number of rotatable bonds is 3. The molecule has 292 valence electrons. The maximum Gasteiger partial charge on any atom is 0.113 e. The van der Waals surface area contributed by atoms with Crippen LogP contribution in [0.4, 0.5) is 0 Å². The van der Waals surface area contributed by atoms with Crippen molar-refractivity contribution >= 4 is 105 Å². The van der Waals surface area contributed by atoms with E-state index in [4.69, 9.17) is 0 Å². The maximum absolute atomic E-state index is 2.62. The standard InChI is InChI=1S/C62H40Si/c1-63(2)57-34-42(45-30-31-53-51-21-10-17-39-16-9-20-50(59(39)51)52-23-11-22-47(45)62(52)53)28-29-46(57)54-35-55-56(36-58(54)63)61(44-27-25-38-13-4-6-15-41(38)33-44)49-19-8-7-18-48(49)60(55)43-26-24-37-12-3-5-14-40(37)32-43/h3-36H,1-2H3. The Bertz CT molecular complexity index is 4060. The van der Waals surface area contributed by atoms with Crippen LogP contribution in [-0.4, -0.2) is 8.07 Å². The summed E-state index contributed by atoms with van der Waals surface area (Å²) in [5.74, 6) is 0. The van der Waals surface area contributed by atoms with Gasteiger partial charge in [0.25, 0.3) is 0 Å². The van der Waals surface area contributed by atoms with Crippen LogP contribution in [0.3, 0.4) is 0 Å². The van der Waals surface area contributed by atoms with Crippen molar-refractivity contribution in [2.45, 2.75) is 13.1 Å². The predicted molar refractivity (Wildman–Crippen MR) is 276 cm³/mol. The summed E-state index contributed by atoms with van der Waals surface area (Å²) < 4.78 is 0. The van der Waals surface area contributed by atoms with Gasteiger partial charge < -0.3 is 0 Å². The molecule has 13 aromatic carbocycles. The zero-order chi connectivity index (χ0) is 41.6. The molecule has 0 unspecified atom stereocenters. The highest BCUT2D eigenvalue weighted by Gasteiger charge is 2.39. The fourth-order valence-corrected chi connectivity index (χ4v) is 14.9. The number of hydrogen-bond acceptors (Lipinski definition) is 0. The van der Waals surface area contributed by atoms with Gasteiger partial charge in [-0.3, -0.25) is 0 Å². The molecular formula is C62H40Si. The van der Waals surface area contributed by atoms with Gasteiger partial charge in [-0.05, 0) is 159 Å². The lowest BCUT2D eigenvalue weighted by atomic mass is 9.84. The Morgan fingerprint density at radius 3 is 1.37 bits per heavy atom. The zero-order valence-corrected chi connectivity index (χ0v) is 36.1. The monoisotopic (exact) mass is 812 g/mol. The molecule has 0 atom stereocenters. The lowest BCUT2D eigenvalue weighted by Gasteiger charge is -2.23. The smallest absolute Gasteiger partial charge is 0.0616 e. The normalized spacial score (nSPS) is 13.4. The third-order valence-electron chi connectivity index (χ3n) is 14.7. The van der Waals surface area contributed by atoms with Crippen LogP contribution < -0.4 is 10.4 Å². The van der Waals surface area contributed by atoms with Crippen LogP contribution in [0.2, 0.25) is 13.1 Å². The minimum atomic E-state index is -2.20. The van der Waals surface area contributed by atoms with Crippen LogP contribution in [0.1, 0.15) is 0 Å². The van der Waals surface area contributed by atoms with Gasteiger partial charge in [-0.15, -0.1) is 0 Å². The molecule has 0 bridgehead atoms. The minimum Gasteiger partial charge on any atom is -0.0616 e. The molecule has 1 aliphatic heterocycles. The molecule has 1 heterocycles. The molecule has 0 N–H and O–H groups in total. The van der Waals surface area contributed by atoms with Gasteiger partial charge in [0.05, 0.1) is 0 Å². The third kappa shape index (κ3) is 4.86. The quantitative estimate of drug-likeness (QED) is 0.0947. The second-order valence-corrected chi connectivity index (χ2v) is 22.7. The molecule has 0 saturated heterocycles. The van der Waals surface area contributed by atoms with Crippen LogP contribution in [0.5, 0.6) is 0 Å². The summed E-state index contributed by atoms with van der Waals surface area (Å²) in [5, 5.41) is 24.0. The van der Waals surface area contributed by atoms with Gasteiger partial charge in [-0.1, -0.05) is 201 Å². The van der Waals surface area contributed by atoms with Gasteiger partial charge in [0.1, 0.15) is 8.07 Å². The second kappa shape index (κ2) is 12.7. The Labute approximate surface area is 366 Å². The van der Waals surface area contributed by atoms with E-state index in [1.807, 2.05) is 0 Å². The molecule has 0 fully saturated rings. The van der Waals surface area contributed by atoms with Crippen molar-refractivity contribution in [3.05, 3.63) is 206 Å². The summed E-state index contributed by atoms with van der Waals surface area (Å²) in [6, 6.07) is 78.5. The molecule has 63 heavy (non-hydrogen) atoms. The van der Waals surface area contributed by atoms with Crippen LogP contribution in [0, 0.1) is 0 Å². The van der Waals surface area contributed by atoms with E-state index in [-0.39, 0.29) is 0 Å². The van der Waals surface area contributed by atoms with Crippen molar-refractivity contribution in [3.8, 4) is 44.5 Å². The van der Waals surface area contributed by atoms with Crippen molar-refractivity contribution in [2.24, 2.45) is 0 Å². The van der Waals surface area contributed by atoms with Gasteiger partial charge in [-0.25, -0.2) is 0 Å². The Kier molecular flexibility index (Phi) is 7.09. The highest BCUT2D eigenvalue weighted by Crippen LogP contribution is 2.48. The third-order valence-corrected chi connectivity index (χ3v) is 18.3. The largest absolute Gasteiger partial charge is 0.113 e. The van der Waals surface area contributed by atoms with E-state index >= 15 is 0 Å². The molecule has 0 nitrogen and oxygen atoms in total. The van der Waals surface area contributed by atoms with E-state index in [0.717, 1.165) is 0 Å². The SMILES string of the molecule is C[Si]1(C)c2cc(-c3ccc4c5cccc6cccc(c7cccc3c74)c65)ccc2-c2cc3c(-c4ccc5ccccc5c4)c4ccccc4c(-c4ccc5ccccc5c4)c3cc21. The fraction of sp³-hybridized carbons (Fsp3) is 0.0323. The van der Waals surface area contributed by atoms with Crippen LogP contribution >= 0.6 is 0 Å². The van der Waals surface area contributed by atoms with Crippen molar-refractivity contribution < 1.29 is 0 Å². The molecule has 0 saturated carbocycles. The Morgan fingerprint density at radius 2 is 0.714 bits per heavy atom. The van der Waals surface area contributed by atoms with Gasteiger partial charge in [0, 0.05) is 0 Å². The molecule has 0 spiro atoms. The van der Waals surface area contributed by atoms with E-state index in [0.29, 0.717) is 0 Å². The van der Waals surface area contributed by atoms with Crippen LogP contribution in [0.25, 0.3) is 131 Å². The lowest BCUT2D eigenvalue weighted by Crippen LogP contribution is -2.49. The number of fused-ring (bicyclic) bond motifs is 9. The van der Waals surface area contributed by atoms with Crippen molar-refractivity contribution in [1.29, 1.82) is 0 Å². The second-order valence-electron chi connectivity index (χ2n) is 18.3. The molecule has 14 rings (SSSR count). The first-order valence-electron chi connectivity index (χ1n) is 22.2. The minimum absolute atomic E-state index is 1.26. The summed E-state index contributed by atoms with van der Waals surface area (Å²) in [6.07, 6.45) is 0. The van der Waals surface area contributed by atoms with Gasteiger partial charge in [-0.2, -0.15) is 0 Å². The summed E-state index contributed by atoms with van der Waals surface area (Å²) in [5.41, 5.74) is 10.5. The van der Waals surface area contributed by atoms with Crippen LogP contribution in [-0.2, 0) is 0 Å². The van der Waals surface area contributed by atoms with Crippen molar-refractivity contribution in [3.63, 3.8) is 0 Å². The first kappa shape index (κ1) is 35.1. The molecule has 0 aromatic heterocycles. The highest BCUT2D eigenvalue weighted by atomic mass is 28.3. The van der Waals surface area contributed by atoms with Crippen LogP contribution in [0.15, 0.2) is 206 Å². The van der Waals surface area contributed by atoms with Gasteiger partial charge >= 0.3 is 0 Å². The molecule has 0 amide bonds. The summed E-state index contributed by atoms with van der Waals surface area (Å²) >= 11 is 0. The molecule has 0 radical (unpaired) electrons. The number of hydrogen-bond donors (Lipinski definition) is 0. The van der Waals surface area contributed by atoms with Crippen molar-refractivity contribution in [1.82, 2.24) is 0 Å². The van der Waals surface area contributed by atoms with E-state index < -0.39 is 8.07 Å². The zero-order valence-electron chi connectivity index (χ0n) is 35.1. The van der Waals surface area contributed by atoms with E-state index in [1.165, 1.54) is 141 Å². The predicted octanol–water partition coefficient (Wildman–Crippen LogP) is 16.2. The lowest BCUT2D eigenvalue weighted by molar-refractivity contribution is 1.67. The topological polar surface area (TPSA) is 0 Å². The van der Waals surface area contributed by atoms with Gasteiger partial charge in [0.2, 0.25) is 0 Å². The average Bonchev–Trinajstić information content (AvgIpc) is 3.55. The van der Waals surface area contributed by atoms with Gasteiger partial charge in [0.15, 0.2) is 0 Å². The Morgan fingerprint density at radius 1 is 0.254 bits per heavy atom. The molecule has 13 aromatic rings. The summed E-state index contributed by atoms with van der Waals surface area (Å²) in [4.78, 5) is 0. The Balaban J connectivity index is 1.03. The number of benzene rings is 13. The average molecular weight is 813 g/mol. The fourth-order valence-electron chi connectivity index (χ4n) is 11.8. The first-order valence-corrected chi connectivity index (χ1v) is 25.2. The van der Waals surface area contributed by atoms with E-state index in [2.05, 4.69) is 219 Å². The van der Waals surface area contributed by atoms with E-state index in [9.17, 15) is 0 Å². The van der Waals surface area contributed by atoms with Crippen molar-refractivity contribution in [2.75, 3.05) is 0 Å². The maximum atomic E-state index is 2.62. The highest BCUT2D eigenvalue weighted by molar-refractivity contribution is 7.04. The Hall–Kier alpha value is -7.58. The first-order chi connectivity index (χ1) is 31.0.